The summed E-state index contributed by atoms with van der Waals surface area (Å²) in [6, 6.07) is 18.5. The SMILES string of the molecule is COc1cccc(N2C(=O)NC(=O)/C(=C/c3ccccc3OC(=O)c3ccc(Br)cc3)C2=O)c1. The molecule has 8 nitrogen and oxygen atoms in total. The fraction of sp³-hybridized carbons (Fsp3) is 0.0400. The Morgan fingerprint density at radius 2 is 1.71 bits per heavy atom. The first-order valence-corrected chi connectivity index (χ1v) is 10.8. The number of rotatable bonds is 5. The average molecular weight is 521 g/mol. The summed E-state index contributed by atoms with van der Waals surface area (Å²) in [4.78, 5) is 51.5. The van der Waals surface area contributed by atoms with Crippen molar-refractivity contribution < 1.29 is 28.7 Å². The number of imide groups is 2. The maximum absolute atomic E-state index is 13.2. The topological polar surface area (TPSA) is 102 Å². The van der Waals surface area contributed by atoms with Crippen molar-refractivity contribution in [3.05, 3.63) is 94.0 Å². The molecule has 4 rings (SSSR count). The van der Waals surface area contributed by atoms with Gasteiger partial charge in [0, 0.05) is 16.1 Å². The zero-order valence-electron chi connectivity index (χ0n) is 17.8. The minimum Gasteiger partial charge on any atom is -0.497 e. The summed E-state index contributed by atoms with van der Waals surface area (Å²) in [6.45, 7) is 0. The maximum Gasteiger partial charge on any atom is 0.343 e. The lowest BCUT2D eigenvalue weighted by atomic mass is 10.1. The van der Waals surface area contributed by atoms with Crippen LogP contribution in [0.5, 0.6) is 11.5 Å². The number of carbonyl (C=O) groups is 4. The van der Waals surface area contributed by atoms with Crippen LogP contribution in [-0.4, -0.2) is 30.9 Å². The molecule has 3 aromatic rings. The van der Waals surface area contributed by atoms with Gasteiger partial charge in [-0.1, -0.05) is 40.2 Å². The highest BCUT2D eigenvalue weighted by Gasteiger charge is 2.37. The summed E-state index contributed by atoms with van der Waals surface area (Å²) in [5.41, 5.74) is 0.572. The minimum atomic E-state index is -0.879. The Kier molecular flexibility index (Phi) is 6.55. The first kappa shape index (κ1) is 22.9. The lowest BCUT2D eigenvalue weighted by Crippen LogP contribution is -2.54. The van der Waals surface area contributed by atoms with Crippen LogP contribution in [0.2, 0.25) is 0 Å². The predicted molar refractivity (Wildman–Crippen MR) is 128 cm³/mol. The molecular formula is C25H17BrN2O6. The summed E-state index contributed by atoms with van der Waals surface area (Å²) in [6.07, 6.45) is 1.28. The van der Waals surface area contributed by atoms with E-state index in [4.69, 9.17) is 9.47 Å². The van der Waals surface area contributed by atoms with Crippen LogP contribution in [0.3, 0.4) is 0 Å². The second kappa shape index (κ2) is 9.72. The summed E-state index contributed by atoms with van der Waals surface area (Å²) in [7, 11) is 1.46. The van der Waals surface area contributed by atoms with Crippen molar-refractivity contribution in [2.24, 2.45) is 0 Å². The average Bonchev–Trinajstić information content (AvgIpc) is 2.83. The monoisotopic (exact) mass is 520 g/mol. The fourth-order valence-electron chi connectivity index (χ4n) is 3.23. The smallest absolute Gasteiger partial charge is 0.343 e. The van der Waals surface area contributed by atoms with Gasteiger partial charge in [0.15, 0.2) is 0 Å². The molecule has 0 saturated carbocycles. The van der Waals surface area contributed by atoms with Crippen molar-refractivity contribution in [3.8, 4) is 11.5 Å². The van der Waals surface area contributed by atoms with Crippen LogP contribution < -0.4 is 19.7 Å². The van der Waals surface area contributed by atoms with E-state index in [1.54, 1.807) is 66.7 Å². The van der Waals surface area contributed by atoms with E-state index in [2.05, 4.69) is 21.2 Å². The highest BCUT2D eigenvalue weighted by atomic mass is 79.9. The standard InChI is InChI=1S/C25H17BrN2O6/c1-33-19-7-4-6-18(14-19)28-23(30)20(22(29)27-25(28)32)13-16-5-2-3-8-21(16)34-24(31)15-9-11-17(26)12-10-15/h2-14H,1H3,(H,27,29,32)/b20-13-. The van der Waals surface area contributed by atoms with Crippen molar-refractivity contribution in [1.29, 1.82) is 0 Å². The summed E-state index contributed by atoms with van der Waals surface area (Å²) in [5, 5.41) is 2.16. The second-order valence-electron chi connectivity index (χ2n) is 7.09. The van der Waals surface area contributed by atoms with Crippen LogP contribution in [-0.2, 0) is 9.59 Å². The molecule has 0 spiro atoms. The summed E-state index contributed by atoms with van der Waals surface area (Å²) >= 11 is 3.31. The van der Waals surface area contributed by atoms with Gasteiger partial charge >= 0.3 is 12.0 Å². The Hall–Kier alpha value is -4.24. The second-order valence-corrected chi connectivity index (χ2v) is 8.01. The molecule has 0 unspecified atom stereocenters. The van der Waals surface area contributed by atoms with E-state index in [9.17, 15) is 19.2 Å². The van der Waals surface area contributed by atoms with Crippen LogP contribution >= 0.6 is 15.9 Å². The summed E-state index contributed by atoms with van der Waals surface area (Å²) in [5.74, 6) is -1.70. The van der Waals surface area contributed by atoms with Gasteiger partial charge in [-0.3, -0.25) is 14.9 Å². The number of carbonyl (C=O) groups excluding carboxylic acids is 4. The van der Waals surface area contributed by atoms with E-state index in [1.165, 1.54) is 19.3 Å². The normalized spacial score (nSPS) is 14.7. The number of anilines is 1. The third-order valence-electron chi connectivity index (χ3n) is 4.91. The Bertz CT molecular complexity index is 1330. The van der Waals surface area contributed by atoms with Crippen LogP contribution in [0.1, 0.15) is 15.9 Å². The zero-order valence-corrected chi connectivity index (χ0v) is 19.4. The molecule has 9 heteroatoms. The Balaban J connectivity index is 1.67. The molecule has 0 radical (unpaired) electrons. The fourth-order valence-corrected chi connectivity index (χ4v) is 3.50. The number of hydrogen-bond donors (Lipinski definition) is 1. The van der Waals surface area contributed by atoms with Gasteiger partial charge in [0.25, 0.3) is 11.8 Å². The van der Waals surface area contributed by atoms with Gasteiger partial charge in [-0.15, -0.1) is 0 Å². The lowest BCUT2D eigenvalue weighted by Gasteiger charge is -2.26. The van der Waals surface area contributed by atoms with E-state index in [-0.39, 0.29) is 17.0 Å². The number of urea groups is 1. The number of amides is 4. The highest BCUT2D eigenvalue weighted by Crippen LogP contribution is 2.28. The molecular weight excluding hydrogens is 504 g/mol. The predicted octanol–water partition coefficient (Wildman–Crippen LogP) is 4.34. The molecule has 170 valence electrons. The maximum atomic E-state index is 13.2. The van der Waals surface area contributed by atoms with Crippen molar-refractivity contribution in [3.63, 3.8) is 0 Å². The molecule has 34 heavy (non-hydrogen) atoms. The number of nitrogens with one attached hydrogen (secondary N) is 1. The number of benzene rings is 3. The molecule has 1 heterocycles. The summed E-state index contributed by atoms with van der Waals surface area (Å²) < 4.78 is 11.5. The first-order chi connectivity index (χ1) is 16.4. The van der Waals surface area contributed by atoms with Gasteiger partial charge in [0.1, 0.15) is 17.1 Å². The number of para-hydroxylation sites is 1. The third-order valence-corrected chi connectivity index (χ3v) is 5.44. The number of ether oxygens (including phenoxy) is 2. The van der Waals surface area contributed by atoms with Crippen LogP contribution in [0.25, 0.3) is 6.08 Å². The van der Waals surface area contributed by atoms with Crippen molar-refractivity contribution in [2.45, 2.75) is 0 Å². The van der Waals surface area contributed by atoms with Crippen LogP contribution in [0.4, 0.5) is 10.5 Å². The largest absolute Gasteiger partial charge is 0.497 e. The zero-order chi connectivity index (χ0) is 24.2. The Labute approximate surface area is 202 Å². The Morgan fingerprint density at radius 1 is 0.971 bits per heavy atom. The first-order valence-electron chi connectivity index (χ1n) is 9.99. The van der Waals surface area contributed by atoms with E-state index in [1.807, 2.05) is 0 Å². The van der Waals surface area contributed by atoms with Crippen molar-refractivity contribution in [2.75, 3.05) is 12.0 Å². The molecule has 0 aliphatic carbocycles. The molecule has 1 saturated heterocycles. The lowest BCUT2D eigenvalue weighted by molar-refractivity contribution is -0.122. The molecule has 1 aliphatic rings. The molecule has 0 aromatic heterocycles. The molecule has 0 atom stereocenters. The number of esters is 1. The third kappa shape index (κ3) is 4.74. The number of nitrogens with zero attached hydrogens (tertiary/aromatic N) is 1. The van der Waals surface area contributed by atoms with Crippen molar-refractivity contribution in [1.82, 2.24) is 5.32 Å². The highest BCUT2D eigenvalue weighted by molar-refractivity contribution is 9.10. The van der Waals surface area contributed by atoms with Crippen LogP contribution in [0, 0.1) is 0 Å². The van der Waals surface area contributed by atoms with Crippen molar-refractivity contribution >= 4 is 51.5 Å². The van der Waals surface area contributed by atoms with Gasteiger partial charge in [-0.25, -0.2) is 14.5 Å². The number of barbiturate groups is 1. The molecule has 0 bridgehead atoms. The quantitative estimate of drug-likeness (QED) is 0.232. The molecule has 4 amide bonds. The number of halogens is 1. The molecule has 3 aromatic carbocycles. The van der Waals surface area contributed by atoms with E-state index >= 15 is 0 Å². The van der Waals surface area contributed by atoms with E-state index in [0.717, 1.165) is 9.37 Å². The Morgan fingerprint density at radius 3 is 2.44 bits per heavy atom. The van der Waals surface area contributed by atoms with Gasteiger partial charge < -0.3 is 9.47 Å². The van der Waals surface area contributed by atoms with E-state index < -0.39 is 23.8 Å². The minimum absolute atomic E-state index is 0.147. The van der Waals surface area contributed by atoms with Gasteiger partial charge in [0.2, 0.25) is 0 Å². The van der Waals surface area contributed by atoms with Gasteiger partial charge in [0.05, 0.1) is 18.4 Å². The molecule has 1 fully saturated rings. The molecule has 1 N–H and O–H groups in total. The van der Waals surface area contributed by atoms with E-state index in [0.29, 0.717) is 16.9 Å². The molecule has 1 aliphatic heterocycles. The van der Waals surface area contributed by atoms with Gasteiger partial charge in [-0.05, 0) is 48.5 Å². The number of hydrogen-bond acceptors (Lipinski definition) is 6. The van der Waals surface area contributed by atoms with Crippen LogP contribution in [0.15, 0.2) is 82.8 Å². The van der Waals surface area contributed by atoms with Gasteiger partial charge in [-0.2, -0.15) is 0 Å². The number of methoxy groups -OCH3 is 1.